The van der Waals surface area contributed by atoms with E-state index in [1.54, 1.807) is 0 Å². The molecule has 0 N–H and O–H groups in total. The number of imidazole rings is 1. The number of fused-ring (bicyclic) bond motifs is 2. The van der Waals surface area contributed by atoms with Crippen molar-refractivity contribution in [1.82, 2.24) is 9.55 Å². The summed E-state index contributed by atoms with van der Waals surface area (Å²) in [5.74, 6) is 0.972. The highest BCUT2D eigenvalue weighted by Crippen LogP contribution is 2.44. The molecule has 0 aliphatic carbocycles. The fourth-order valence-corrected chi connectivity index (χ4v) is 6.31. The minimum atomic E-state index is 0.972. The molecule has 43 heavy (non-hydrogen) atoms. The first-order valence-electron chi connectivity index (χ1n) is 14.7. The highest BCUT2D eigenvalue weighted by Gasteiger charge is 2.19. The molecule has 0 aliphatic heterocycles. The molecule has 0 fully saturated rings. The zero-order valence-corrected chi connectivity index (χ0v) is 24.5. The van der Waals surface area contributed by atoms with E-state index in [9.17, 15) is 0 Å². The Balaban J connectivity index is 1.50. The molecule has 206 valence electrons. The molecular formula is C41H32N2. The van der Waals surface area contributed by atoms with Gasteiger partial charge in [0.15, 0.2) is 0 Å². The van der Waals surface area contributed by atoms with Gasteiger partial charge < -0.3 is 4.57 Å². The van der Waals surface area contributed by atoms with Crippen molar-refractivity contribution >= 4 is 27.9 Å². The van der Waals surface area contributed by atoms with Crippen molar-refractivity contribution in [3.63, 3.8) is 0 Å². The van der Waals surface area contributed by atoms with Crippen LogP contribution in [0.4, 0.5) is 0 Å². The molecule has 6 aromatic carbocycles. The Hall–Kier alpha value is -5.47. The van der Waals surface area contributed by atoms with Crippen LogP contribution in [0.5, 0.6) is 0 Å². The SMILES string of the molecule is C=C/C=C\c1c(C)c(-c2ccccc2)c2ccc(-c3ccc4c(c3)nc(-c3ccccc3)n4C)cc2c1-c1ccccc1. The van der Waals surface area contributed by atoms with Gasteiger partial charge in [-0.25, -0.2) is 4.98 Å². The number of allylic oxidation sites excluding steroid dienone is 2. The molecule has 1 aromatic heterocycles. The van der Waals surface area contributed by atoms with E-state index < -0.39 is 0 Å². The van der Waals surface area contributed by atoms with Crippen LogP contribution in [0.3, 0.4) is 0 Å². The van der Waals surface area contributed by atoms with Crippen molar-refractivity contribution < 1.29 is 0 Å². The van der Waals surface area contributed by atoms with Gasteiger partial charge in [0.1, 0.15) is 5.82 Å². The highest BCUT2D eigenvalue weighted by molar-refractivity contribution is 6.11. The molecule has 2 nitrogen and oxygen atoms in total. The van der Waals surface area contributed by atoms with E-state index in [0.717, 1.165) is 28.0 Å². The summed E-state index contributed by atoms with van der Waals surface area (Å²) in [6.45, 7) is 6.20. The van der Waals surface area contributed by atoms with Crippen LogP contribution in [0.15, 0.2) is 146 Å². The van der Waals surface area contributed by atoms with E-state index in [4.69, 9.17) is 4.98 Å². The number of hydrogen-bond donors (Lipinski definition) is 0. The third-order valence-electron chi connectivity index (χ3n) is 8.38. The average Bonchev–Trinajstić information content (AvgIpc) is 3.40. The standard InChI is InChI=1S/C41H32N2/c1-4-5-21-34-28(2)39(29-15-9-6-10-16-29)35-24-22-32(26-36(35)40(34)30-17-11-7-12-18-30)33-23-25-38-37(27-33)42-41(43(38)3)31-19-13-8-14-20-31/h4-27H,1H2,2-3H3/b21-5-. The lowest BCUT2D eigenvalue weighted by Crippen LogP contribution is -1.96. The molecule has 0 atom stereocenters. The smallest absolute Gasteiger partial charge is 0.140 e. The summed E-state index contributed by atoms with van der Waals surface area (Å²) in [6, 6.07) is 45.4. The predicted molar refractivity (Wildman–Crippen MR) is 184 cm³/mol. The van der Waals surface area contributed by atoms with Crippen molar-refractivity contribution in [1.29, 1.82) is 0 Å². The fourth-order valence-electron chi connectivity index (χ4n) is 6.31. The molecule has 0 saturated carbocycles. The lowest BCUT2D eigenvalue weighted by atomic mass is 9.83. The predicted octanol–water partition coefficient (Wildman–Crippen LogP) is 10.9. The second-order valence-corrected chi connectivity index (χ2v) is 10.9. The molecule has 7 aromatic rings. The first kappa shape index (κ1) is 26.4. The van der Waals surface area contributed by atoms with Gasteiger partial charge in [0.2, 0.25) is 0 Å². The Kier molecular flexibility index (Phi) is 6.81. The Morgan fingerprint density at radius 1 is 0.605 bits per heavy atom. The van der Waals surface area contributed by atoms with Gasteiger partial charge in [0.25, 0.3) is 0 Å². The number of aromatic nitrogens is 2. The molecule has 1 heterocycles. The van der Waals surface area contributed by atoms with Crippen LogP contribution in [0.25, 0.3) is 72.7 Å². The zero-order valence-electron chi connectivity index (χ0n) is 24.5. The maximum Gasteiger partial charge on any atom is 0.140 e. The second-order valence-electron chi connectivity index (χ2n) is 10.9. The van der Waals surface area contributed by atoms with Gasteiger partial charge in [0, 0.05) is 12.6 Å². The van der Waals surface area contributed by atoms with Crippen molar-refractivity contribution in [3.8, 4) is 44.8 Å². The van der Waals surface area contributed by atoms with E-state index in [0.29, 0.717) is 0 Å². The molecular weight excluding hydrogens is 520 g/mol. The maximum atomic E-state index is 5.05. The van der Waals surface area contributed by atoms with Crippen LogP contribution >= 0.6 is 0 Å². The summed E-state index contributed by atoms with van der Waals surface area (Å²) in [6.07, 6.45) is 6.09. The van der Waals surface area contributed by atoms with E-state index in [2.05, 4.69) is 153 Å². The van der Waals surface area contributed by atoms with Gasteiger partial charge >= 0.3 is 0 Å². The van der Waals surface area contributed by atoms with Gasteiger partial charge in [-0.15, -0.1) is 0 Å². The highest BCUT2D eigenvalue weighted by atomic mass is 15.1. The van der Waals surface area contributed by atoms with Crippen LogP contribution in [0, 0.1) is 6.92 Å². The summed E-state index contributed by atoms with van der Waals surface area (Å²) >= 11 is 0. The lowest BCUT2D eigenvalue weighted by molar-refractivity contribution is 0.959. The molecule has 0 amide bonds. The van der Waals surface area contributed by atoms with Crippen molar-refractivity contribution in [3.05, 3.63) is 157 Å². The van der Waals surface area contributed by atoms with Gasteiger partial charge in [-0.3, -0.25) is 0 Å². The van der Waals surface area contributed by atoms with E-state index in [1.807, 2.05) is 18.2 Å². The summed E-state index contributed by atoms with van der Waals surface area (Å²) in [5.41, 5.74) is 12.9. The zero-order chi connectivity index (χ0) is 29.3. The van der Waals surface area contributed by atoms with Crippen LogP contribution in [0.1, 0.15) is 11.1 Å². The minimum Gasteiger partial charge on any atom is -0.327 e. The van der Waals surface area contributed by atoms with E-state index in [1.165, 1.54) is 49.7 Å². The topological polar surface area (TPSA) is 17.8 Å². The molecule has 0 aliphatic rings. The Morgan fingerprint density at radius 2 is 1.19 bits per heavy atom. The third-order valence-corrected chi connectivity index (χ3v) is 8.38. The first-order valence-corrected chi connectivity index (χ1v) is 14.7. The molecule has 0 saturated heterocycles. The van der Waals surface area contributed by atoms with Gasteiger partial charge in [-0.1, -0.05) is 134 Å². The third kappa shape index (κ3) is 4.67. The molecule has 0 spiro atoms. The summed E-state index contributed by atoms with van der Waals surface area (Å²) < 4.78 is 2.18. The van der Waals surface area contributed by atoms with Crippen LogP contribution in [-0.4, -0.2) is 9.55 Å². The van der Waals surface area contributed by atoms with Gasteiger partial charge in [-0.05, 0) is 80.4 Å². The number of nitrogens with zero attached hydrogens (tertiary/aromatic N) is 2. The van der Waals surface area contributed by atoms with Crippen LogP contribution in [0.2, 0.25) is 0 Å². The molecule has 0 unspecified atom stereocenters. The normalized spacial score (nSPS) is 11.5. The summed E-state index contributed by atoms with van der Waals surface area (Å²) in [4.78, 5) is 5.05. The quantitative estimate of drug-likeness (QED) is 0.188. The largest absolute Gasteiger partial charge is 0.327 e. The van der Waals surface area contributed by atoms with E-state index in [-0.39, 0.29) is 0 Å². The Bertz CT molecular complexity index is 2130. The minimum absolute atomic E-state index is 0.972. The first-order chi connectivity index (χ1) is 21.1. The number of benzene rings is 6. The Labute approximate surface area is 252 Å². The molecule has 2 heteroatoms. The van der Waals surface area contributed by atoms with Crippen LogP contribution < -0.4 is 0 Å². The van der Waals surface area contributed by atoms with Gasteiger partial charge in [0.05, 0.1) is 11.0 Å². The summed E-state index contributed by atoms with van der Waals surface area (Å²) in [5, 5.41) is 2.47. The number of aryl methyl sites for hydroxylation is 1. The number of rotatable bonds is 6. The lowest BCUT2D eigenvalue weighted by Gasteiger charge is -2.21. The van der Waals surface area contributed by atoms with Crippen molar-refractivity contribution in [2.75, 3.05) is 0 Å². The summed E-state index contributed by atoms with van der Waals surface area (Å²) in [7, 11) is 2.09. The molecule has 7 rings (SSSR count). The van der Waals surface area contributed by atoms with E-state index >= 15 is 0 Å². The van der Waals surface area contributed by atoms with Crippen molar-refractivity contribution in [2.24, 2.45) is 7.05 Å². The molecule has 0 bridgehead atoms. The Morgan fingerprint density at radius 3 is 1.84 bits per heavy atom. The van der Waals surface area contributed by atoms with Gasteiger partial charge in [-0.2, -0.15) is 0 Å². The van der Waals surface area contributed by atoms with Crippen LogP contribution in [-0.2, 0) is 7.05 Å². The van der Waals surface area contributed by atoms with Crippen molar-refractivity contribution in [2.45, 2.75) is 6.92 Å². The average molecular weight is 553 g/mol. The fraction of sp³-hybridized carbons (Fsp3) is 0.0488. The number of hydrogen-bond acceptors (Lipinski definition) is 1. The monoisotopic (exact) mass is 552 g/mol. The second kappa shape index (κ2) is 11.1. The molecule has 0 radical (unpaired) electrons. The maximum absolute atomic E-state index is 5.05.